The highest BCUT2D eigenvalue weighted by Gasteiger charge is 2.35. The molecule has 0 spiro atoms. The van der Waals surface area contributed by atoms with E-state index in [0.717, 1.165) is 36.0 Å². The number of halogens is 1. The zero-order valence-corrected chi connectivity index (χ0v) is 22.4. The van der Waals surface area contributed by atoms with Crippen molar-refractivity contribution in [3.05, 3.63) is 52.3 Å². The van der Waals surface area contributed by atoms with Gasteiger partial charge in [0.1, 0.15) is 17.7 Å². The maximum absolute atomic E-state index is 12.6. The van der Waals surface area contributed by atoms with E-state index in [1.165, 1.54) is 14.2 Å². The number of carboxylic acid groups (broad SMARTS) is 1. The van der Waals surface area contributed by atoms with Gasteiger partial charge in [0, 0.05) is 22.7 Å². The summed E-state index contributed by atoms with van der Waals surface area (Å²) in [6.45, 7) is 1.98. The van der Waals surface area contributed by atoms with Gasteiger partial charge >= 0.3 is 12.1 Å². The van der Waals surface area contributed by atoms with Crippen molar-refractivity contribution >= 4 is 40.4 Å². The Morgan fingerprint density at radius 3 is 2.66 bits per heavy atom. The highest BCUT2D eigenvalue weighted by atomic mass is 35.5. The smallest absolute Gasteiger partial charge is 0.414 e. The van der Waals surface area contributed by atoms with Gasteiger partial charge in [-0.3, -0.25) is 9.69 Å². The lowest BCUT2D eigenvalue weighted by molar-refractivity contribution is -0.143. The molecule has 38 heavy (non-hydrogen) atoms. The van der Waals surface area contributed by atoms with E-state index in [1.54, 1.807) is 23.1 Å². The number of methoxy groups -OCH3 is 2. The maximum Gasteiger partial charge on any atom is 0.414 e. The van der Waals surface area contributed by atoms with Crippen molar-refractivity contribution in [3.8, 4) is 5.75 Å². The fraction of sp³-hybridized carbons (Fsp3) is 0.464. The highest BCUT2D eigenvalue weighted by Crippen LogP contribution is 2.42. The quantitative estimate of drug-likeness (QED) is 0.438. The number of aliphatic hydroxyl groups is 1. The molecule has 2 heterocycles. The lowest BCUT2D eigenvalue weighted by Crippen LogP contribution is -2.42. The van der Waals surface area contributed by atoms with Crippen molar-refractivity contribution < 1.29 is 29.3 Å². The topological polar surface area (TPSA) is 114 Å². The highest BCUT2D eigenvalue weighted by molar-refractivity contribution is 6.30. The number of ether oxygens (including phenoxy) is 2. The molecule has 2 aliphatic rings. The van der Waals surface area contributed by atoms with Crippen LogP contribution in [0.1, 0.15) is 68.1 Å². The van der Waals surface area contributed by atoms with Crippen molar-refractivity contribution in [2.45, 2.75) is 63.6 Å². The number of benzene rings is 2. The van der Waals surface area contributed by atoms with Crippen LogP contribution in [0.3, 0.4) is 0 Å². The van der Waals surface area contributed by atoms with Crippen LogP contribution < -0.4 is 9.64 Å². The van der Waals surface area contributed by atoms with Gasteiger partial charge in [0.25, 0.3) is 0 Å². The number of rotatable bonds is 5. The fourth-order valence-electron chi connectivity index (χ4n) is 6.00. The van der Waals surface area contributed by atoms with Gasteiger partial charge in [-0.15, -0.1) is 0 Å². The Bertz CT molecular complexity index is 1390. The molecule has 3 aromatic rings. The number of imidazole rings is 1. The molecule has 2 aromatic carbocycles. The first-order valence-electron chi connectivity index (χ1n) is 12.9. The van der Waals surface area contributed by atoms with Gasteiger partial charge in [-0.25, -0.2) is 9.78 Å². The predicted molar refractivity (Wildman–Crippen MR) is 143 cm³/mol. The number of hydrogen-bond donors (Lipinski definition) is 2. The third-order valence-electron chi connectivity index (χ3n) is 7.90. The minimum atomic E-state index is -1.13. The number of carboxylic acids is 1. The van der Waals surface area contributed by atoms with Crippen molar-refractivity contribution in [2.24, 2.45) is 5.92 Å². The lowest BCUT2D eigenvalue weighted by atomic mass is 9.85. The summed E-state index contributed by atoms with van der Waals surface area (Å²) >= 11 is 6.32. The Morgan fingerprint density at radius 1 is 1.16 bits per heavy atom. The van der Waals surface area contributed by atoms with Crippen molar-refractivity contribution in [1.29, 1.82) is 0 Å². The maximum atomic E-state index is 12.6. The molecule has 1 aliphatic carbocycles. The van der Waals surface area contributed by atoms with Crippen LogP contribution in [0.4, 0.5) is 10.5 Å². The fourth-order valence-corrected chi connectivity index (χ4v) is 6.23. The molecule has 0 bridgehead atoms. The van der Waals surface area contributed by atoms with Crippen LogP contribution in [0.15, 0.2) is 30.3 Å². The Hall–Kier alpha value is -3.30. The van der Waals surface area contributed by atoms with E-state index in [9.17, 15) is 19.8 Å². The van der Waals surface area contributed by atoms with Crippen LogP contribution in [0.5, 0.6) is 5.75 Å². The Kier molecular flexibility index (Phi) is 7.24. The second kappa shape index (κ2) is 10.5. The molecule has 1 aliphatic heterocycles. The van der Waals surface area contributed by atoms with Crippen LogP contribution in [0.25, 0.3) is 11.0 Å². The number of anilines is 1. The predicted octanol–water partition coefficient (Wildman–Crippen LogP) is 5.50. The average Bonchev–Trinajstić information content (AvgIpc) is 3.31. The van der Waals surface area contributed by atoms with E-state index in [2.05, 4.69) is 0 Å². The van der Waals surface area contributed by atoms with E-state index in [1.807, 2.05) is 23.6 Å². The Labute approximate surface area is 225 Å². The Balaban J connectivity index is 1.70. The van der Waals surface area contributed by atoms with Gasteiger partial charge in [0.15, 0.2) is 0 Å². The second-order valence-electron chi connectivity index (χ2n) is 10.2. The number of carbonyl (C=O) groups excluding carboxylic acids is 1. The normalized spacial score (nSPS) is 22.1. The summed E-state index contributed by atoms with van der Waals surface area (Å²) in [7, 11) is 2.90. The molecule has 1 saturated carbocycles. The number of nitrogens with zero attached hydrogens (tertiary/aromatic N) is 3. The Morgan fingerprint density at radius 2 is 1.95 bits per heavy atom. The zero-order valence-electron chi connectivity index (χ0n) is 21.7. The average molecular weight is 542 g/mol. The summed E-state index contributed by atoms with van der Waals surface area (Å²) in [6.07, 6.45) is 2.50. The molecule has 0 radical (unpaired) electrons. The number of hydrogen-bond acceptors (Lipinski definition) is 6. The first kappa shape index (κ1) is 26.3. The van der Waals surface area contributed by atoms with Gasteiger partial charge in [-0.1, -0.05) is 18.0 Å². The molecule has 2 N–H and O–H groups in total. The third-order valence-corrected chi connectivity index (χ3v) is 8.12. The van der Waals surface area contributed by atoms with Crippen LogP contribution in [0, 0.1) is 5.92 Å². The molecule has 202 valence electrons. The molecular weight excluding hydrogens is 510 g/mol. The van der Waals surface area contributed by atoms with Crippen molar-refractivity contribution in [3.63, 3.8) is 0 Å². The zero-order chi connectivity index (χ0) is 27.1. The second-order valence-corrected chi connectivity index (χ2v) is 10.6. The van der Waals surface area contributed by atoms with Gasteiger partial charge in [-0.2, -0.15) is 0 Å². The summed E-state index contributed by atoms with van der Waals surface area (Å²) in [5.74, 6) is -0.341. The van der Waals surface area contributed by atoms with E-state index >= 15 is 0 Å². The van der Waals surface area contributed by atoms with E-state index in [4.69, 9.17) is 26.1 Å². The summed E-state index contributed by atoms with van der Waals surface area (Å²) in [6, 6.07) is 8.68. The summed E-state index contributed by atoms with van der Waals surface area (Å²) in [5, 5.41) is 21.8. The number of amides is 1. The standard InChI is InChI=1S/C28H32ClN3O6/c1-15-7-8-21-22(31(15)28(36)38-3)9-10-23-24(21)30-26(25(33)17-11-18(29)14-20(13-17)37-2)32(23)19-6-4-5-16(12-19)27(34)35/h9-11,13-16,19,25,33H,4-8,12H2,1-3H3,(H,34,35)/t15-,16+,19+,25+/m0/s1. The number of fused-ring (bicyclic) bond motifs is 3. The van der Waals surface area contributed by atoms with Crippen LogP contribution in [-0.2, 0) is 16.0 Å². The number of aryl methyl sites for hydroxylation is 1. The van der Waals surface area contributed by atoms with Crippen molar-refractivity contribution in [2.75, 3.05) is 19.1 Å². The SMILES string of the molecule is COC(=O)N1c2ccc3c(nc([C@H](O)c4cc(Cl)cc(OC)c4)n3[C@@H]3CCC[C@@H](C(=O)O)C3)c2CC[C@@H]1C. The molecule has 4 atom stereocenters. The third kappa shape index (κ3) is 4.58. The molecule has 0 unspecified atom stereocenters. The number of carbonyl (C=O) groups is 2. The number of aliphatic hydroxyl groups excluding tert-OH is 1. The summed E-state index contributed by atoms with van der Waals surface area (Å²) in [5.41, 5.74) is 3.68. The number of aliphatic carboxylic acids is 1. The molecule has 1 aromatic heterocycles. The molecule has 1 amide bonds. The van der Waals surface area contributed by atoms with E-state index in [-0.39, 0.29) is 12.1 Å². The molecule has 10 heteroatoms. The molecular formula is C28H32ClN3O6. The lowest BCUT2D eigenvalue weighted by Gasteiger charge is -2.34. The van der Waals surface area contributed by atoms with E-state index in [0.29, 0.717) is 46.9 Å². The van der Waals surface area contributed by atoms with Crippen LogP contribution in [-0.4, -0.2) is 52.1 Å². The molecule has 1 fully saturated rings. The van der Waals surface area contributed by atoms with Gasteiger partial charge < -0.3 is 24.3 Å². The molecule has 9 nitrogen and oxygen atoms in total. The molecule has 0 saturated heterocycles. The monoisotopic (exact) mass is 541 g/mol. The minimum absolute atomic E-state index is 0.0341. The van der Waals surface area contributed by atoms with Gasteiger partial charge in [0.05, 0.1) is 36.9 Å². The van der Waals surface area contributed by atoms with Crippen LogP contribution >= 0.6 is 11.6 Å². The summed E-state index contributed by atoms with van der Waals surface area (Å²) in [4.78, 5) is 31.1. The number of aromatic nitrogens is 2. The van der Waals surface area contributed by atoms with Gasteiger partial charge in [-0.05, 0) is 74.9 Å². The van der Waals surface area contributed by atoms with Crippen LogP contribution in [0.2, 0.25) is 5.02 Å². The first-order valence-corrected chi connectivity index (χ1v) is 13.3. The summed E-state index contributed by atoms with van der Waals surface area (Å²) < 4.78 is 12.4. The first-order chi connectivity index (χ1) is 18.2. The van der Waals surface area contributed by atoms with Crippen molar-refractivity contribution in [1.82, 2.24) is 9.55 Å². The van der Waals surface area contributed by atoms with Gasteiger partial charge in [0.2, 0.25) is 0 Å². The minimum Gasteiger partial charge on any atom is -0.497 e. The van der Waals surface area contributed by atoms with E-state index < -0.39 is 24.1 Å². The largest absolute Gasteiger partial charge is 0.497 e. The molecule has 5 rings (SSSR count).